The lowest BCUT2D eigenvalue weighted by molar-refractivity contribution is 0.122. The first-order chi connectivity index (χ1) is 21.3. The van der Waals surface area contributed by atoms with Gasteiger partial charge in [0.1, 0.15) is 0 Å². The molecule has 4 aromatic rings. The van der Waals surface area contributed by atoms with Gasteiger partial charge in [0, 0.05) is 38.3 Å². The van der Waals surface area contributed by atoms with Crippen LogP contribution in [0.2, 0.25) is 0 Å². The van der Waals surface area contributed by atoms with Gasteiger partial charge in [0.15, 0.2) is 0 Å². The van der Waals surface area contributed by atoms with Crippen LogP contribution in [0.15, 0.2) is 115 Å². The molecule has 1 aliphatic carbocycles. The van der Waals surface area contributed by atoms with Gasteiger partial charge in [-0.05, 0) is 84.6 Å². The molecule has 1 aromatic heterocycles. The average Bonchev–Trinajstić information content (AvgIpc) is 3.38. The summed E-state index contributed by atoms with van der Waals surface area (Å²) in [5.74, 6) is 0. The second kappa shape index (κ2) is 11.2. The summed E-state index contributed by atoms with van der Waals surface area (Å²) in [6, 6.07) is 25.1. The third-order valence-electron chi connectivity index (χ3n) is 10.6. The highest BCUT2D eigenvalue weighted by atomic mass is 19.2. The molecule has 2 atom stereocenters. The lowest BCUT2D eigenvalue weighted by Crippen LogP contribution is -2.27. The van der Waals surface area contributed by atoms with Gasteiger partial charge in [-0.3, -0.25) is 0 Å². The maximum absolute atomic E-state index is 14.5. The molecule has 0 radical (unpaired) electrons. The fourth-order valence-corrected chi connectivity index (χ4v) is 7.18. The summed E-state index contributed by atoms with van der Waals surface area (Å²) in [5.41, 5.74) is 8.87. The number of nitrogens with zero attached hydrogens (tertiary/aromatic N) is 2. The summed E-state index contributed by atoms with van der Waals surface area (Å²) in [7, 11) is 0. The highest BCUT2D eigenvalue weighted by Gasteiger charge is 2.46. The van der Waals surface area contributed by atoms with Gasteiger partial charge < -0.3 is 4.57 Å². The van der Waals surface area contributed by atoms with Gasteiger partial charge in [0.25, 0.3) is 0 Å². The summed E-state index contributed by atoms with van der Waals surface area (Å²) in [6.45, 7) is 27.8. The van der Waals surface area contributed by atoms with E-state index in [0.29, 0.717) is 22.6 Å². The zero-order chi connectivity index (χ0) is 32.3. The molecular formula is C42H45FN2. The number of fused-ring (bicyclic) bond motifs is 2. The zero-order valence-electron chi connectivity index (χ0n) is 27.5. The van der Waals surface area contributed by atoms with Crippen LogP contribution in [0.25, 0.3) is 23.9 Å². The van der Waals surface area contributed by atoms with Crippen LogP contribution in [0.1, 0.15) is 81.3 Å². The van der Waals surface area contributed by atoms with Crippen molar-refractivity contribution in [1.29, 1.82) is 0 Å². The molecule has 0 spiro atoms. The van der Waals surface area contributed by atoms with Crippen LogP contribution >= 0.6 is 0 Å². The van der Waals surface area contributed by atoms with Crippen molar-refractivity contribution in [1.82, 2.24) is 9.69 Å². The van der Waals surface area contributed by atoms with Crippen molar-refractivity contribution in [2.45, 2.75) is 71.8 Å². The maximum atomic E-state index is 14.5. The molecule has 230 valence electrons. The predicted octanol–water partition coefficient (Wildman–Crippen LogP) is 9.38. The minimum atomic E-state index is -0.403. The molecule has 0 N–H and O–H groups in total. The molecule has 0 bridgehead atoms. The second-order valence-electron chi connectivity index (χ2n) is 13.8. The van der Waals surface area contributed by atoms with Crippen molar-refractivity contribution in [3.8, 4) is 0 Å². The minimum absolute atomic E-state index is 0.136. The largest absolute Gasteiger partial charge is 0.339 e. The van der Waals surface area contributed by atoms with E-state index in [1.807, 2.05) is 6.92 Å². The number of allylic oxidation sites excluding steroid dienone is 5. The van der Waals surface area contributed by atoms with Gasteiger partial charge in [0.2, 0.25) is 0 Å². The molecule has 3 heteroatoms. The van der Waals surface area contributed by atoms with Crippen molar-refractivity contribution < 1.29 is 4.48 Å². The molecule has 0 amide bonds. The fourth-order valence-electron chi connectivity index (χ4n) is 7.18. The lowest BCUT2D eigenvalue weighted by atomic mass is 9.74. The smallest absolute Gasteiger partial charge is 0.0713 e. The van der Waals surface area contributed by atoms with E-state index < -0.39 is 5.41 Å². The fraction of sp³-hybridized carbons (Fsp3) is 0.286. The van der Waals surface area contributed by atoms with Crippen molar-refractivity contribution in [3.63, 3.8) is 0 Å². The Bertz CT molecular complexity index is 1980. The van der Waals surface area contributed by atoms with E-state index >= 15 is 0 Å². The Morgan fingerprint density at radius 2 is 1.38 bits per heavy atom. The maximum Gasteiger partial charge on any atom is 0.0713 e. The summed E-state index contributed by atoms with van der Waals surface area (Å²) in [6.07, 6.45) is 7.80. The number of aromatic nitrogens is 1. The molecule has 45 heavy (non-hydrogen) atoms. The molecule has 3 aromatic carbocycles. The second-order valence-corrected chi connectivity index (χ2v) is 13.8. The summed E-state index contributed by atoms with van der Waals surface area (Å²) in [5, 5.41) is 5.17. The van der Waals surface area contributed by atoms with Crippen LogP contribution in [0.5, 0.6) is 0 Å². The number of halogens is 1. The van der Waals surface area contributed by atoms with Gasteiger partial charge in [-0.15, -0.1) is 0 Å². The van der Waals surface area contributed by atoms with Crippen LogP contribution in [-0.4, -0.2) is 9.69 Å². The summed E-state index contributed by atoms with van der Waals surface area (Å²) in [4.78, 5) is 0. The number of rotatable bonds is 8. The van der Waals surface area contributed by atoms with Gasteiger partial charge in [0.05, 0.1) is 11.4 Å². The standard InChI is InChI=1S/C42H45FN2/c1-10-27(2)44-28(3)38-20-15-34(25-39(38)29(44)4)23-32-11-16-36(17-12-32)41(7,8)37-18-13-33(14-19-37)24-35-21-22-42(9)31(6)45(43)30(5)40(42)26-35/h11-21,25-27H,3-6,10,22-24H2,1-2,7-9H3. The number of hydrogen-bond donors (Lipinski definition) is 0. The van der Waals surface area contributed by atoms with Crippen LogP contribution in [0, 0.1) is 5.41 Å². The summed E-state index contributed by atoms with van der Waals surface area (Å²) >= 11 is 0. The lowest BCUT2D eigenvalue weighted by Gasteiger charge is -2.28. The van der Waals surface area contributed by atoms with E-state index in [0.717, 1.165) is 42.0 Å². The minimum Gasteiger partial charge on any atom is -0.339 e. The van der Waals surface area contributed by atoms with Crippen molar-refractivity contribution in [3.05, 3.63) is 153 Å². The van der Waals surface area contributed by atoms with E-state index in [1.165, 1.54) is 44.2 Å². The molecular weight excluding hydrogens is 551 g/mol. The molecule has 2 nitrogen and oxygen atoms in total. The van der Waals surface area contributed by atoms with Crippen LogP contribution in [0.4, 0.5) is 4.48 Å². The highest BCUT2D eigenvalue weighted by Crippen LogP contribution is 2.53. The Morgan fingerprint density at radius 3 is 1.98 bits per heavy atom. The van der Waals surface area contributed by atoms with Gasteiger partial charge in [-0.1, -0.05) is 124 Å². The Kier molecular flexibility index (Phi) is 7.64. The quantitative estimate of drug-likeness (QED) is 0.184. The van der Waals surface area contributed by atoms with Crippen molar-refractivity contribution in [2.75, 3.05) is 0 Å². The predicted molar refractivity (Wildman–Crippen MR) is 189 cm³/mol. The van der Waals surface area contributed by atoms with E-state index in [4.69, 9.17) is 0 Å². The first-order valence-corrected chi connectivity index (χ1v) is 16.1. The zero-order valence-corrected chi connectivity index (χ0v) is 27.5. The van der Waals surface area contributed by atoms with Crippen LogP contribution < -0.4 is 10.7 Å². The van der Waals surface area contributed by atoms with Crippen LogP contribution in [0.3, 0.4) is 0 Å². The van der Waals surface area contributed by atoms with E-state index in [9.17, 15) is 4.48 Å². The Labute approximate surface area is 267 Å². The topological polar surface area (TPSA) is 8.17 Å². The summed E-state index contributed by atoms with van der Waals surface area (Å²) < 4.78 is 16.8. The van der Waals surface area contributed by atoms with Crippen LogP contribution in [-0.2, 0) is 18.3 Å². The first-order valence-electron chi connectivity index (χ1n) is 16.1. The molecule has 2 aliphatic rings. The van der Waals surface area contributed by atoms with Crippen molar-refractivity contribution >= 4 is 23.9 Å². The van der Waals surface area contributed by atoms with E-state index in [-0.39, 0.29) is 5.41 Å². The number of hydrogen-bond acceptors (Lipinski definition) is 1. The molecule has 0 saturated carbocycles. The Morgan fingerprint density at radius 1 is 0.822 bits per heavy atom. The average molecular weight is 597 g/mol. The molecule has 2 heterocycles. The third-order valence-corrected chi connectivity index (χ3v) is 10.6. The normalized spacial score (nSPS) is 19.1. The van der Waals surface area contributed by atoms with Crippen molar-refractivity contribution in [2.24, 2.45) is 5.41 Å². The Hall–Kier alpha value is -4.37. The number of benzene rings is 3. The molecule has 6 rings (SSSR count). The third kappa shape index (κ3) is 5.13. The van der Waals surface area contributed by atoms with Gasteiger partial charge in [-0.25, -0.2) is 0 Å². The first kappa shape index (κ1) is 30.6. The SMILES string of the molecule is C=C1C2=CC(Cc3ccc(C(C)(C)c4ccc(Cc5ccc6c(=C)n(C(C)CC)c(=C)c6c5)cc4)cc3)=CCC2(C)C(=C)N1F. The van der Waals surface area contributed by atoms with Gasteiger partial charge in [-0.2, -0.15) is 5.12 Å². The molecule has 1 fully saturated rings. The van der Waals surface area contributed by atoms with E-state index in [1.54, 1.807) is 0 Å². The highest BCUT2D eigenvalue weighted by molar-refractivity contribution is 5.84. The van der Waals surface area contributed by atoms with Gasteiger partial charge >= 0.3 is 0 Å². The van der Waals surface area contributed by atoms with E-state index in [2.05, 4.69) is 137 Å². The monoisotopic (exact) mass is 596 g/mol. The molecule has 1 saturated heterocycles. The Balaban J connectivity index is 1.15. The molecule has 2 unspecified atom stereocenters. The molecule has 1 aliphatic heterocycles.